The minimum Gasteiger partial charge on any atom is -0.338 e. The van der Waals surface area contributed by atoms with Crippen molar-refractivity contribution in [2.75, 3.05) is 0 Å². The molecule has 6 heteroatoms. The summed E-state index contributed by atoms with van der Waals surface area (Å²) in [7, 11) is 0. The number of hydrogen-bond donors (Lipinski definition) is 1. The maximum atomic E-state index is 5.19. The fraction of sp³-hybridized carbons (Fsp3) is 0.455. The highest BCUT2D eigenvalue weighted by Crippen LogP contribution is 2.29. The molecule has 2 rings (SSSR count). The third-order valence-corrected chi connectivity index (χ3v) is 3.65. The predicted octanol–water partition coefficient (Wildman–Crippen LogP) is 3.45. The molecule has 2 heterocycles. The van der Waals surface area contributed by atoms with Crippen LogP contribution in [0, 0.1) is 0 Å². The molecule has 0 aliphatic heterocycles. The van der Waals surface area contributed by atoms with E-state index in [4.69, 9.17) is 4.52 Å². The molecule has 92 valence electrons. The van der Waals surface area contributed by atoms with Gasteiger partial charge in [0.15, 0.2) is 0 Å². The summed E-state index contributed by atoms with van der Waals surface area (Å²) in [6, 6.07) is 3.95. The van der Waals surface area contributed by atoms with Crippen LogP contribution < -0.4 is 5.32 Å². The largest absolute Gasteiger partial charge is 0.338 e. The lowest BCUT2D eigenvalue weighted by molar-refractivity contribution is 0.336. The summed E-state index contributed by atoms with van der Waals surface area (Å²) in [5.41, 5.74) is 0.0423. The monoisotopic (exact) mass is 315 g/mol. The maximum absolute atomic E-state index is 5.19. The van der Waals surface area contributed by atoms with Crippen LogP contribution in [0.1, 0.15) is 26.7 Å². The molecule has 4 nitrogen and oxygen atoms in total. The number of thiophene rings is 1. The molecule has 0 saturated heterocycles. The van der Waals surface area contributed by atoms with Gasteiger partial charge in [-0.15, -0.1) is 11.3 Å². The fourth-order valence-electron chi connectivity index (χ4n) is 1.20. The van der Waals surface area contributed by atoms with Crippen molar-refractivity contribution in [2.45, 2.75) is 32.9 Å². The lowest BCUT2D eigenvalue weighted by Crippen LogP contribution is -2.35. The molecule has 0 radical (unpaired) electrons. The third kappa shape index (κ3) is 3.62. The summed E-state index contributed by atoms with van der Waals surface area (Å²) in [4.78, 5) is 5.35. The average Bonchev–Trinajstić information content (AvgIpc) is 2.81. The first-order valence-electron chi connectivity index (χ1n) is 5.27. The van der Waals surface area contributed by atoms with Gasteiger partial charge in [0.25, 0.3) is 0 Å². The van der Waals surface area contributed by atoms with Gasteiger partial charge in [-0.05, 0) is 48.8 Å². The number of halogens is 1. The molecular formula is C11H14BrN3OS. The molecule has 17 heavy (non-hydrogen) atoms. The molecule has 2 aromatic rings. The first-order valence-corrected chi connectivity index (χ1v) is 6.88. The highest BCUT2D eigenvalue weighted by Gasteiger charge is 2.13. The van der Waals surface area contributed by atoms with Gasteiger partial charge in [-0.2, -0.15) is 4.98 Å². The first kappa shape index (κ1) is 12.7. The lowest BCUT2D eigenvalue weighted by atomic mass is 10.1. The van der Waals surface area contributed by atoms with Gasteiger partial charge >= 0.3 is 0 Å². The van der Waals surface area contributed by atoms with E-state index in [2.05, 4.69) is 52.2 Å². The Labute approximate surface area is 113 Å². The summed E-state index contributed by atoms with van der Waals surface area (Å²) >= 11 is 5.00. The van der Waals surface area contributed by atoms with E-state index in [1.165, 1.54) is 0 Å². The Bertz CT molecular complexity index is 501. The second-order valence-corrected chi connectivity index (χ2v) is 7.18. The number of rotatable bonds is 3. The quantitative estimate of drug-likeness (QED) is 0.942. The van der Waals surface area contributed by atoms with Crippen molar-refractivity contribution in [3.8, 4) is 10.7 Å². The van der Waals surface area contributed by atoms with Crippen LogP contribution in [0.4, 0.5) is 0 Å². The Hall–Kier alpha value is -0.720. The zero-order valence-electron chi connectivity index (χ0n) is 9.95. The molecule has 0 spiro atoms. The Morgan fingerprint density at radius 2 is 2.18 bits per heavy atom. The summed E-state index contributed by atoms with van der Waals surface area (Å²) in [6.45, 7) is 6.88. The van der Waals surface area contributed by atoms with Crippen LogP contribution in [0.25, 0.3) is 10.7 Å². The van der Waals surface area contributed by atoms with Gasteiger partial charge in [0, 0.05) is 5.54 Å². The summed E-state index contributed by atoms with van der Waals surface area (Å²) in [6.07, 6.45) is 0. The molecule has 0 bridgehead atoms. The highest BCUT2D eigenvalue weighted by atomic mass is 79.9. The van der Waals surface area contributed by atoms with E-state index >= 15 is 0 Å². The minimum atomic E-state index is 0.0423. The van der Waals surface area contributed by atoms with Gasteiger partial charge in [-0.3, -0.25) is 0 Å². The van der Waals surface area contributed by atoms with E-state index in [0.717, 1.165) is 8.66 Å². The predicted molar refractivity (Wildman–Crippen MR) is 71.9 cm³/mol. The Morgan fingerprint density at radius 3 is 2.76 bits per heavy atom. The van der Waals surface area contributed by atoms with Crippen molar-refractivity contribution in [3.05, 3.63) is 21.8 Å². The molecule has 0 aromatic carbocycles. The standard InChI is InChI=1S/C11H14BrN3OS/c1-11(2,3)13-6-9-14-10(15-16-9)7-4-5-8(12)17-7/h4-5,13H,6H2,1-3H3. The zero-order valence-corrected chi connectivity index (χ0v) is 12.4. The molecule has 2 aromatic heterocycles. The van der Waals surface area contributed by atoms with Crippen molar-refractivity contribution < 1.29 is 4.52 Å². The Kier molecular flexibility index (Phi) is 3.65. The zero-order chi connectivity index (χ0) is 12.5. The van der Waals surface area contributed by atoms with Gasteiger partial charge in [0.1, 0.15) is 0 Å². The van der Waals surface area contributed by atoms with E-state index in [0.29, 0.717) is 18.3 Å². The topological polar surface area (TPSA) is 51.0 Å². The van der Waals surface area contributed by atoms with Crippen molar-refractivity contribution in [3.63, 3.8) is 0 Å². The summed E-state index contributed by atoms with van der Waals surface area (Å²) in [5, 5.41) is 7.27. The van der Waals surface area contributed by atoms with Crippen LogP contribution in [-0.4, -0.2) is 15.7 Å². The van der Waals surface area contributed by atoms with Crippen LogP contribution in [0.3, 0.4) is 0 Å². The van der Waals surface area contributed by atoms with Crippen LogP contribution in [0.2, 0.25) is 0 Å². The smallest absolute Gasteiger partial charge is 0.240 e. The number of hydrogen-bond acceptors (Lipinski definition) is 5. The number of nitrogens with zero attached hydrogens (tertiary/aromatic N) is 2. The van der Waals surface area contributed by atoms with Crippen molar-refractivity contribution >= 4 is 27.3 Å². The van der Waals surface area contributed by atoms with Crippen molar-refractivity contribution in [1.29, 1.82) is 0 Å². The van der Waals surface area contributed by atoms with Gasteiger partial charge in [0.05, 0.1) is 15.2 Å². The second-order valence-electron chi connectivity index (χ2n) is 4.72. The molecule has 0 fully saturated rings. The average molecular weight is 316 g/mol. The van der Waals surface area contributed by atoms with E-state index in [1.807, 2.05) is 12.1 Å². The molecule has 0 unspecified atom stereocenters. The third-order valence-electron chi connectivity index (χ3n) is 2.03. The van der Waals surface area contributed by atoms with E-state index < -0.39 is 0 Å². The van der Waals surface area contributed by atoms with E-state index in [-0.39, 0.29) is 5.54 Å². The molecule has 0 atom stereocenters. The highest BCUT2D eigenvalue weighted by molar-refractivity contribution is 9.11. The van der Waals surface area contributed by atoms with Gasteiger partial charge in [-0.1, -0.05) is 5.16 Å². The molecular weight excluding hydrogens is 302 g/mol. The molecule has 1 N–H and O–H groups in total. The lowest BCUT2D eigenvalue weighted by Gasteiger charge is -2.18. The molecule has 0 aliphatic rings. The first-order chi connectivity index (χ1) is 7.94. The molecule has 0 aliphatic carbocycles. The van der Waals surface area contributed by atoms with Gasteiger partial charge in [0.2, 0.25) is 11.7 Å². The molecule has 0 amide bonds. The fourth-order valence-corrected chi connectivity index (χ4v) is 2.51. The van der Waals surface area contributed by atoms with E-state index in [1.54, 1.807) is 11.3 Å². The second kappa shape index (κ2) is 4.88. The van der Waals surface area contributed by atoms with Crippen LogP contribution >= 0.6 is 27.3 Å². The van der Waals surface area contributed by atoms with Crippen LogP contribution in [-0.2, 0) is 6.54 Å². The van der Waals surface area contributed by atoms with Crippen LogP contribution in [0.5, 0.6) is 0 Å². The van der Waals surface area contributed by atoms with Crippen molar-refractivity contribution in [2.24, 2.45) is 0 Å². The number of nitrogens with one attached hydrogen (secondary N) is 1. The van der Waals surface area contributed by atoms with E-state index in [9.17, 15) is 0 Å². The van der Waals surface area contributed by atoms with Gasteiger partial charge in [-0.25, -0.2) is 0 Å². The summed E-state index contributed by atoms with van der Waals surface area (Å²) < 4.78 is 6.25. The van der Waals surface area contributed by atoms with Crippen LogP contribution in [0.15, 0.2) is 20.4 Å². The van der Waals surface area contributed by atoms with Crippen molar-refractivity contribution in [1.82, 2.24) is 15.5 Å². The number of aromatic nitrogens is 2. The minimum absolute atomic E-state index is 0.0423. The Morgan fingerprint density at radius 1 is 1.41 bits per heavy atom. The molecule has 0 saturated carbocycles. The maximum Gasteiger partial charge on any atom is 0.240 e. The van der Waals surface area contributed by atoms with Gasteiger partial charge < -0.3 is 9.84 Å². The SMILES string of the molecule is CC(C)(C)NCc1nc(-c2ccc(Br)s2)no1. The summed E-state index contributed by atoms with van der Waals surface area (Å²) in [5.74, 6) is 1.26. The Balaban J connectivity index is 2.06. The normalized spacial score (nSPS) is 12.0.